The molecule has 0 amide bonds. The molecule has 3 aromatic rings. The number of aromatic nitrogens is 3. The van der Waals surface area contributed by atoms with Gasteiger partial charge in [0.05, 0.1) is 5.52 Å². The van der Waals surface area contributed by atoms with Crippen molar-refractivity contribution >= 4 is 40.7 Å². The predicted molar refractivity (Wildman–Crippen MR) is 150 cm³/mol. The average Bonchev–Trinajstić information content (AvgIpc) is 3.14. The molecule has 0 aliphatic heterocycles. The van der Waals surface area contributed by atoms with Crippen LogP contribution in [0.3, 0.4) is 0 Å². The minimum atomic E-state index is 0. The second kappa shape index (κ2) is 12.9. The number of imidazole rings is 1. The summed E-state index contributed by atoms with van der Waals surface area (Å²) in [6.07, 6.45) is 16.0. The fourth-order valence-electron chi connectivity index (χ4n) is 5.92. The maximum atomic E-state index is 13.8. The van der Waals surface area contributed by atoms with Gasteiger partial charge in [0.2, 0.25) is 0 Å². The number of nitrogens with zero attached hydrogens (tertiary/aromatic N) is 3. The normalized spacial score (nSPS) is 17.1. The molecule has 0 radical (unpaired) electrons. The summed E-state index contributed by atoms with van der Waals surface area (Å²) in [6, 6.07) is 7.70. The topological polar surface area (TPSA) is 61.1 Å². The van der Waals surface area contributed by atoms with Crippen molar-refractivity contribution < 1.29 is 4.74 Å². The molecule has 2 aliphatic carbocycles. The predicted octanol–water partition coefficient (Wildman–Crippen LogP) is 6.92. The van der Waals surface area contributed by atoms with Gasteiger partial charge in [-0.1, -0.05) is 50.1 Å². The number of fused-ring (bicyclic) bond motifs is 1. The summed E-state index contributed by atoms with van der Waals surface area (Å²) in [4.78, 5) is 17.9. The summed E-state index contributed by atoms with van der Waals surface area (Å²) >= 11 is 6.57. The number of benzene rings is 1. The van der Waals surface area contributed by atoms with Crippen LogP contribution in [-0.2, 0) is 13.1 Å². The van der Waals surface area contributed by atoms with E-state index < -0.39 is 0 Å². The lowest BCUT2D eigenvalue weighted by atomic mass is 9.89. The molecule has 1 aromatic carbocycles. The number of anilines is 1. The van der Waals surface area contributed by atoms with Gasteiger partial charge in [-0.15, -0.1) is 12.4 Å². The van der Waals surface area contributed by atoms with E-state index in [1.54, 1.807) is 12.4 Å². The number of pyridine rings is 1. The van der Waals surface area contributed by atoms with Crippen molar-refractivity contribution in [3.63, 3.8) is 0 Å². The maximum absolute atomic E-state index is 13.8. The zero-order valence-electron chi connectivity index (χ0n) is 21.0. The zero-order chi connectivity index (χ0) is 24.0. The Bertz CT molecular complexity index is 1170. The minimum Gasteiger partial charge on any atom is -0.489 e. The third kappa shape index (κ3) is 6.38. The van der Waals surface area contributed by atoms with Gasteiger partial charge in [-0.2, -0.15) is 0 Å². The molecule has 0 atom stereocenters. The minimum absolute atomic E-state index is 0. The van der Waals surface area contributed by atoms with Crippen LogP contribution in [0.5, 0.6) is 5.75 Å². The maximum Gasteiger partial charge on any atom is 0.329 e. The lowest BCUT2D eigenvalue weighted by Crippen LogP contribution is -2.29. The molecule has 2 fully saturated rings. The fourth-order valence-corrected chi connectivity index (χ4v) is 6.12. The van der Waals surface area contributed by atoms with Crippen LogP contribution in [0.25, 0.3) is 11.0 Å². The van der Waals surface area contributed by atoms with E-state index in [0.717, 1.165) is 29.8 Å². The van der Waals surface area contributed by atoms with Gasteiger partial charge in [0, 0.05) is 48.8 Å². The van der Waals surface area contributed by atoms with Crippen LogP contribution < -0.4 is 15.7 Å². The summed E-state index contributed by atoms with van der Waals surface area (Å²) in [5.41, 5.74) is 2.93. The zero-order valence-corrected chi connectivity index (χ0v) is 22.5. The summed E-state index contributed by atoms with van der Waals surface area (Å²) in [5.74, 6) is 1.81. The van der Waals surface area contributed by atoms with Crippen LogP contribution in [0, 0.1) is 11.8 Å². The van der Waals surface area contributed by atoms with E-state index in [1.165, 1.54) is 64.2 Å². The Hall–Kier alpha value is -2.18. The number of halogens is 2. The van der Waals surface area contributed by atoms with Gasteiger partial charge in [-0.3, -0.25) is 14.1 Å². The standard InChI is InChI=1S/C28H37ClN4O2.ClH/c29-23-17-25-27(26(18-23)35-16-15-31-24-11-13-30-14-12-24)33(20-22-9-5-2-6-10-22)28(34)32(25)19-21-7-3-1-4-8-21;/h11-14,17-18,21-22H,1-10,15-16,19-20H2,(H,30,31);1H. The van der Waals surface area contributed by atoms with Gasteiger partial charge in [-0.25, -0.2) is 4.79 Å². The highest BCUT2D eigenvalue weighted by Gasteiger charge is 2.24. The monoisotopic (exact) mass is 532 g/mol. The van der Waals surface area contributed by atoms with Crippen molar-refractivity contribution in [1.29, 1.82) is 0 Å². The van der Waals surface area contributed by atoms with Crippen molar-refractivity contribution in [2.24, 2.45) is 11.8 Å². The summed E-state index contributed by atoms with van der Waals surface area (Å²) in [7, 11) is 0. The van der Waals surface area contributed by atoms with E-state index in [1.807, 2.05) is 33.4 Å². The van der Waals surface area contributed by atoms with Gasteiger partial charge in [0.25, 0.3) is 0 Å². The van der Waals surface area contributed by atoms with Crippen LogP contribution >= 0.6 is 24.0 Å². The smallest absolute Gasteiger partial charge is 0.329 e. The second-order valence-electron chi connectivity index (χ2n) is 10.3. The highest BCUT2D eigenvalue weighted by atomic mass is 35.5. The van der Waals surface area contributed by atoms with Gasteiger partial charge in [-0.05, 0) is 55.7 Å². The van der Waals surface area contributed by atoms with Crippen molar-refractivity contribution in [2.45, 2.75) is 77.3 Å². The number of hydrogen-bond donors (Lipinski definition) is 1. The largest absolute Gasteiger partial charge is 0.489 e. The van der Waals surface area contributed by atoms with Gasteiger partial charge in [0.15, 0.2) is 0 Å². The van der Waals surface area contributed by atoms with Crippen molar-refractivity contribution in [2.75, 3.05) is 18.5 Å². The lowest BCUT2D eigenvalue weighted by molar-refractivity contribution is 0.304. The SMILES string of the molecule is Cl.O=c1n(CC2CCCCC2)c2cc(Cl)cc(OCCNc3ccncc3)c2n1CC1CCCCC1. The van der Waals surface area contributed by atoms with Gasteiger partial charge < -0.3 is 10.1 Å². The van der Waals surface area contributed by atoms with Crippen LogP contribution in [-0.4, -0.2) is 27.3 Å². The van der Waals surface area contributed by atoms with Crippen molar-refractivity contribution in [3.8, 4) is 5.75 Å². The molecule has 0 saturated heterocycles. The summed E-state index contributed by atoms with van der Waals surface area (Å²) < 4.78 is 10.3. The Morgan fingerprint density at radius 1 is 0.917 bits per heavy atom. The third-order valence-electron chi connectivity index (χ3n) is 7.74. The molecular weight excluding hydrogens is 495 g/mol. The molecule has 0 unspecified atom stereocenters. The first-order valence-electron chi connectivity index (χ1n) is 13.4. The molecule has 2 aliphatic rings. The fraction of sp³-hybridized carbons (Fsp3) is 0.571. The number of nitrogens with one attached hydrogen (secondary N) is 1. The van der Waals surface area contributed by atoms with Crippen LogP contribution in [0.15, 0.2) is 41.5 Å². The number of hydrogen-bond acceptors (Lipinski definition) is 4. The number of ether oxygens (including phenoxy) is 1. The Morgan fingerprint density at radius 2 is 1.53 bits per heavy atom. The molecular formula is C28H38Cl2N4O2. The van der Waals surface area contributed by atoms with Gasteiger partial charge >= 0.3 is 5.69 Å². The average molecular weight is 534 g/mol. The van der Waals surface area contributed by atoms with Crippen molar-refractivity contribution in [1.82, 2.24) is 14.1 Å². The number of rotatable bonds is 9. The van der Waals surface area contributed by atoms with Crippen molar-refractivity contribution in [3.05, 3.63) is 52.2 Å². The third-order valence-corrected chi connectivity index (χ3v) is 7.96. The molecule has 2 saturated carbocycles. The first kappa shape index (κ1) is 26.9. The molecule has 1 N–H and O–H groups in total. The Balaban J connectivity index is 0.00000304. The molecule has 196 valence electrons. The van der Waals surface area contributed by atoms with E-state index in [4.69, 9.17) is 16.3 Å². The molecule has 0 spiro atoms. The van der Waals surface area contributed by atoms with E-state index in [2.05, 4.69) is 10.3 Å². The van der Waals surface area contributed by atoms with E-state index >= 15 is 0 Å². The Labute approximate surface area is 224 Å². The van der Waals surface area contributed by atoms with Crippen LogP contribution in [0.1, 0.15) is 64.2 Å². The molecule has 5 rings (SSSR count). The van der Waals surface area contributed by atoms with Gasteiger partial charge in [0.1, 0.15) is 17.9 Å². The quantitative estimate of drug-likeness (QED) is 0.303. The van der Waals surface area contributed by atoms with Crippen LogP contribution in [0.4, 0.5) is 5.69 Å². The highest BCUT2D eigenvalue weighted by molar-refractivity contribution is 6.31. The highest BCUT2D eigenvalue weighted by Crippen LogP contribution is 2.34. The molecule has 36 heavy (non-hydrogen) atoms. The van der Waals surface area contributed by atoms with Crippen LogP contribution in [0.2, 0.25) is 5.02 Å². The lowest BCUT2D eigenvalue weighted by Gasteiger charge is -2.22. The summed E-state index contributed by atoms with van der Waals surface area (Å²) in [5, 5.41) is 3.97. The van der Waals surface area contributed by atoms with E-state index in [0.29, 0.717) is 35.8 Å². The Morgan fingerprint density at radius 3 is 2.17 bits per heavy atom. The second-order valence-corrected chi connectivity index (χ2v) is 10.7. The molecule has 2 heterocycles. The molecule has 2 aromatic heterocycles. The van der Waals surface area contributed by atoms with E-state index in [-0.39, 0.29) is 18.1 Å². The molecule has 0 bridgehead atoms. The first-order chi connectivity index (χ1) is 17.2. The first-order valence-corrected chi connectivity index (χ1v) is 13.8. The Kier molecular flexibility index (Phi) is 9.60. The molecule has 6 nitrogen and oxygen atoms in total. The summed E-state index contributed by atoms with van der Waals surface area (Å²) in [6.45, 7) is 2.66. The molecule has 8 heteroatoms. The van der Waals surface area contributed by atoms with E-state index in [9.17, 15) is 4.79 Å².